The molecule has 2 amide bonds. The van der Waals surface area contributed by atoms with Gasteiger partial charge >= 0.3 is 6.03 Å². The number of urea groups is 1. The van der Waals surface area contributed by atoms with E-state index in [2.05, 4.69) is 22.0 Å². The van der Waals surface area contributed by atoms with Gasteiger partial charge in [-0.1, -0.05) is 6.07 Å². The summed E-state index contributed by atoms with van der Waals surface area (Å²) in [7, 11) is 0. The predicted molar refractivity (Wildman–Crippen MR) is 95.8 cm³/mol. The number of carbonyl (C=O) groups excluding carboxylic acids is 1. The third-order valence-electron chi connectivity index (χ3n) is 3.11. The molecule has 0 aliphatic rings. The van der Waals surface area contributed by atoms with Gasteiger partial charge in [-0.05, 0) is 59.2 Å². The Labute approximate surface area is 144 Å². The predicted octanol–water partition coefficient (Wildman–Crippen LogP) is 2.90. The van der Waals surface area contributed by atoms with E-state index >= 15 is 0 Å². The van der Waals surface area contributed by atoms with Crippen molar-refractivity contribution in [1.29, 1.82) is 5.26 Å². The standard InChI is InChI=1S/C18H28N4O2/c1-17(2,3)20-11-15(23)12-7-8-14(13(9-12)10-19)21-16(24)22-18(4,5)6/h7-9,15,20,23H,11H2,1-6H3,(H2,21,22,24). The number of hydrogen-bond donors (Lipinski definition) is 4. The van der Waals surface area contributed by atoms with Gasteiger partial charge in [0.25, 0.3) is 0 Å². The highest BCUT2D eigenvalue weighted by atomic mass is 16.3. The van der Waals surface area contributed by atoms with Gasteiger partial charge in [-0.3, -0.25) is 0 Å². The van der Waals surface area contributed by atoms with Crippen molar-refractivity contribution in [2.45, 2.75) is 58.7 Å². The molecule has 24 heavy (non-hydrogen) atoms. The molecule has 1 unspecified atom stereocenters. The van der Waals surface area contributed by atoms with Crippen molar-refractivity contribution in [3.63, 3.8) is 0 Å². The highest BCUT2D eigenvalue weighted by molar-refractivity contribution is 5.91. The molecule has 1 rings (SSSR count). The Hall–Kier alpha value is -2.10. The molecule has 0 bridgehead atoms. The molecule has 0 aliphatic carbocycles. The van der Waals surface area contributed by atoms with E-state index in [1.54, 1.807) is 18.2 Å². The maximum atomic E-state index is 11.9. The number of benzene rings is 1. The Bertz CT molecular complexity index is 621. The highest BCUT2D eigenvalue weighted by Gasteiger charge is 2.17. The van der Waals surface area contributed by atoms with E-state index < -0.39 is 6.10 Å². The fourth-order valence-electron chi connectivity index (χ4n) is 1.99. The van der Waals surface area contributed by atoms with Gasteiger partial charge in [-0.2, -0.15) is 5.26 Å². The summed E-state index contributed by atoms with van der Waals surface area (Å²) in [5, 5.41) is 28.2. The number of anilines is 1. The van der Waals surface area contributed by atoms with Gasteiger partial charge in [0.2, 0.25) is 0 Å². The SMILES string of the molecule is CC(C)(C)NCC(O)c1ccc(NC(=O)NC(C)(C)C)c(C#N)c1. The molecule has 1 aromatic carbocycles. The zero-order valence-electron chi connectivity index (χ0n) is 15.3. The summed E-state index contributed by atoms with van der Waals surface area (Å²) < 4.78 is 0. The molecular weight excluding hydrogens is 304 g/mol. The summed E-state index contributed by atoms with van der Waals surface area (Å²) in [4.78, 5) is 11.9. The summed E-state index contributed by atoms with van der Waals surface area (Å²) in [6, 6.07) is 6.63. The smallest absolute Gasteiger partial charge is 0.319 e. The largest absolute Gasteiger partial charge is 0.387 e. The van der Waals surface area contributed by atoms with Gasteiger partial charge in [0.15, 0.2) is 0 Å². The Morgan fingerprint density at radius 1 is 1.21 bits per heavy atom. The van der Waals surface area contributed by atoms with Crippen molar-refractivity contribution >= 4 is 11.7 Å². The molecule has 1 aromatic rings. The lowest BCUT2D eigenvalue weighted by molar-refractivity contribution is 0.163. The molecule has 0 radical (unpaired) electrons. The highest BCUT2D eigenvalue weighted by Crippen LogP contribution is 2.21. The van der Waals surface area contributed by atoms with Crippen LogP contribution in [0, 0.1) is 11.3 Å². The lowest BCUT2D eigenvalue weighted by atomic mass is 10.0. The maximum absolute atomic E-state index is 11.9. The monoisotopic (exact) mass is 332 g/mol. The van der Waals surface area contributed by atoms with E-state index in [-0.39, 0.29) is 17.1 Å². The Morgan fingerprint density at radius 3 is 2.33 bits per heavy atom. The molecule has 0 fully saturated rings. The van der Waals surface area contributed by atoms with E-state index in [4.69, 9.17) is 0 Å². The molecule has 0 spiro atoms. The van der Waals surface area contributed by atoms with Crippen LogP contribution in [0.5, 0.6) is 0 Å². The van der Waals surface area contributed by atoms with Gasteiger partial charge in [-0.15, -0.1) is 0 Å². The molecule has 6 heteroatoms. The molecule has 0 heterocycles. The molecule has 0 saturated carbocycles. The van der Waals surface area contributed by atoms with Crippen LogP contribution in [0.15, 0.2) is 18.2 Å². The summed E-state index contributed by atoms with van der Waals surface area (Å²) in [5.41, 5.74) is 0.882. The fourth-order valence-corrected chi connectivity index (χ4v) is 1.99. The third kappa shape index (κ3) is 6.99. The minimum absolute atomic E-state index is 0.106. The van der Waals surface area contributed by atoms with Crippen LogP contribution in [0.25, 0.3) is 0 Å². The first kappa shape index (κ1) is 19.9. The minimum Gasteiger partial charge on any atom is -0.387 e. The van der Waals surface area contributed by atoms with Gasteiger partial charge in [-0.25, -0.2) is 4.79 Å². The van der Waals surface area contributed by atoms with Crippen LogP contribution >= 0.6 is 0 Å². The Kier molecular flexibility index (Phi) is 6.35. The van der Waals surface area contributed by atoms with Gasteiger partial charge in [0.05, 0.1) is 17.4 Å². The molecule has 6 nitrogen and oxygen atoms in total. The number of amides is 2. The van der Waals surface area contributed by atoms with Gasteiger partial charge < -0.3 is 21.1 Å². The summed E-state index contributed by atoms with van der Waals surface area (Å²) in [5.74, 6) is 0. The van der Waals surface area contributed by atoms with E-state index in [1.165, 1.54) is 0 Å². The lowest BCUT2D eigenvalue weighted by Gasteiger charge is -2.23. The molecular formula is C18H28N4O2. The second kappa shape index (κ2) is 7.65. The van der Waals surface area contributed by atoms with Crippen LogP contribution in [0.4, 0.5) is 10.5 Å². The zero-order chi connectivity index (χ0) is 18.5. The number of aliphatic hydroxyl groups is 1. The summed E-state index contributed by atoms with van der Waals surface area (Å²) >= 11 is 0. The van der Waals surface area contributed by atoms with Crippen LogP contribution in [-0.2, 0) is 0 Å². The number of nitrogens with one attached hydrogen (secondary N) is 3. The van der Waals surface area contributed by atoms with Gasteiger partial charge in [0, 0.05) is 17.6 Å². The first-order valence-electron chi connectivity index (χ1n) is 7.97. The number of nitriles is 1. The van der Waals surface area contributed by atoms with E-state index in [1.807, 2.05) is 41.5 Å². The maximum Gasteiger partial charge on any atom is 0.319 e. The molecule has 4 N–H and O–H groups in total. The molecule has 1 atom stereocenters. The zero-order valence-corrected chi connectivity index (χ0v) is 15.3. The number of nitrogens with zero attached hydrogens (tertiary/aromatic N) is 1. The topological polar surface area (TPSA) is 97.2 Å². The third-order valence-corrected chi connectivity index (χ3v) is 3.11. The summed E-state index contributed by atoms with van der Waals surface area (Å²) in [6.07, 6.45) is -0.728. The van der Waals surface area contributed by atoms with Crippen LogP contribution in [-0.4, -0.2) is 28.8 Å². The van der Waals surface area contributed by atoms with Crippen molar-refractivity contribution in [3.8, 4) is 6.07 Å². The number of hydrogen-bond acceptors (Lipinski definition) is 4. The van der Waals surface area contributed by atoms with Crippen molar-refractivity contribution < 1.29 is 9.90 Å². The fraction of sp³-hybridized carbons (Fsp3) is 0.556. The number of β-amino-alcohol motifs (C(OH)–C–C–N with tert-alkyl or cyclic N) is 1. The lowest BCUT2D eigenvalue weighted by Crippen LogP contribution is -2.43. The first-order valence-corrected chi connectivity index (χ1v) is 7.97. The average molecular weight is 332 g/mol. The van der Waals surface area contributed by atoms with E-state index in [9.17, 15) is 15.2 Å². The number of rotatable bonds is 4. The second-order valence-electron chi connectivity index (χ2n) is 7.89. The Balaban J connectivity index is 2.85. The number of aliphatic hydroxyl groups excluding tert-OH is 1. The molecule has 0 saturated heterocycles. The normalized spacial score (nSPS) is 13.1. The van der Waals surface area contributed by atoms with Crippen molar-refractivity contribution in [3.05, 3.63) is 29.3 Å². The van der Waals surface area contributed by atoms with Crippen LogP contribution < -0.4 is 16.0 Å². The molecule has 132 valence electrons. The average Bonchev–Trinajstić information content (AvgIpc) is 2.42. The van der Waals surface area contributed by atoms with Crippen molar-refractivity contribution in [1.82, 2.24) is 10.6 Å². The molecule has 0 aliphatic heterocycles. The molecule has 0 aromatic heterocycles. The van der Waals surface area contributed by atoms with Crippen molar-refractivity contribution in [2.24, 2.45) is 0 Å². The van der Waals surface area contributed by atoms with E-state index in [0.717, 1.165) is 0 Å². The minimum atomic E-state index is -0.728. The summed E-state index contributed by atoms with van der Waals surface area (Å²) in [6.45, 7) is 12.0. The van der Waals surface area contributed by atoms with Crippen LogP contribution in [0.2, 0.25) is 0 Å². The van der Waals surface area contributed by atoms with Crippen LogP contribution in [0.3, 0.4) is 0 Å². The van der Waals surface area contributed by atoms with Crippen LogP contribution in [0.1, 0.15) is 58.8 Å². The number of carbonyl (C=O) groups is 1. The van der Waals surface area contributed by atoms with Gasteiger partial charge in [0.1, 0.15) is 6.07 Å². The Morgan fingerprint density at radius 2 is 1.83 bits per heavy atom. The quantitative estimate of drug-likeness (QED) is 0.681. The van der Waals surface area contributed by atoms with E-state index in [0.29, 0.717) is 23.4 Å². The first-order chi connectivity index (χ1) is 10.9. The van der Waals surface area contributed by atoms with Crippen molar-refractivity contribution in [2.75, 3.05) is 11.9 Å². The second-order valence-corrected chi connectivity index (χ2v) is 7.89.